The molecule has 5 nitrogen and oxygen atoms in total. The number of nitro groups is 1. The third kappa shape index (κ3) is 2.62. The number of nitrogens with zero attached hydrogens (tertiary/aromatic N) is 1. The molecule has 6 heteroatoms. The van der Waals surface area contributed by atoms with Crippen molar-refractivity contribution in [2.75, 3.05) is 5.32 Å². The van der Waals surface area contributed by atoms with Crippen LogP contribution in [0.4, 0.5) is 11.4 Å². The number of halogens is 1. The van der Waals surface area contributed by atoms with E-state index < -0.39 is 4.92 Å². The molecule has 0 spiro atoms. The first-order valence-electron chi connectivity index (χ1n) is 5.28. The maximum absolute atomic E-state index is 10.7. The van der Waals surface area contributed by atoms with Crippen LogP contribution in [0.2, 0.25) is 5.02 Å². The standard InChI is InChI=1S/C12H11ClN2O3/c1-8-4-5-18-12(8)7-14-11-6-9(15(16)17)2-3-10(11)13/h2-6,14H,7H2,1H3. The summed E-state index contributed by atoms with van der Waals surface area (Å²) in [6.07, 6.45) is 1.60. The summed E-state index contributed by atoms with van der Waals surface area (Å²) in [4.78, 5) is 10.2. The second-order valence-corrected chi connectivity index (χ2v) is 4.21. The molecular formula is C12H11ClN2O3. The average molecular weight is 267 g/mol. The van der Waals surface area contributed by atoms with Crippen molar-refractivity contribution in [3.8, 4) is 0 Å². The highest BCUT2D eigenvalue weighted by molar-refractivity contribution is 6.33. The largest absolute Gasteiger partial charge is 0.467 e. The number of hydrogen-bond acceptors (Lipinski definition) is 4. The van der Waals surface area contributed by atoms with Crippen molar-refractivity contribution in [2.24, 2.45) is 0 Å². The number of furan rings is 1. The first kappa shape index (κ1) is 12.4. The number of aryl methyl sites for hydroxylation is 1. The fourth-order valence-electron chi connectivity index (χ4n) is 1.52. The van der Waals surface area contributed by atoms with E-state index in [4.69, 9.17) is 16.0 Å². The number of rotatable bonds is 4. The lowest BCUT2D eigenvalue weighted by Crippen LogP contribution is -2.01. The van der Waals surface area contributed by atoms with E-state index >= 15 is 0 Å². The smallest absolute Gasteiger partial charge is 0.271 e. The molecule has 0 saturated carbocycles. The summed E-state index contributed by atoms with van der Waals surface area (Å²) in [6.45, 7) is 2.36. The van der Waals surface area contributed by atoms with Crippen molar-refractivity contribution in [2.45, 2.75) is 13.5 Å². The molecule has 94 valence electrons. The number of nitro benzene ring substituents is 1. The van der Waals surface area contributed by atoms with Gasteiger partial charge >= 0.3 is 0 Å². The van der Waals surface area contributed by atoms with Gasteiger partial charge in [-0.1, -0.05) is 11.6 Å². The number of benzene rings is 1. The zero-order valence-electron chi connectivity index (χ0n) is 9.64. The van der Waals surface area contributed by atoms with Gasteiger partial charge in [0.25, 0.3) is 5.69 Å². The Kier molecular flexibility index (Phi) is 3.53. The van der Waals surface area contributed by atoms with Gasteiger partial charge in [-0.2, -0.15) is 0 Å². The molecule has 1 heterocycles. The number of anilines is 1. The summed E-state index contributed by atoms with van der Waals surface area (Å²) in [5.74, 6) is 0.776. The van der Waals surface area contributed by atoms with Gasteiger partial charge in [0.05, 0.1) is 28.4 Å². The zero-order chi connectivity index (χ0) is 13.1. The number of nitrogens with one attached hydrogen (secondary N) is 1. The third-order valence-corrected chi connectivity index (χ3v) is 2.90. The Morgan fingerprint density at radius 2 is 2.22 bits per heavy atom. The minimum Gasteiger partial charge on any atom is -0.467 e. The average Bonchev–Trinajstić information content (AvgIpc) is 2.73. The van der Waals surface area contributed by atoms with E-state index in [9.17, 15) is 10.1 Å². The lowest BCUT2D eigenvalue weighted by molar-refractivity contribution is -0.384. The van der Waals surface area contributed by atoms with Crippen molar-refractivity contribution in [1.82, 2.24) is 0 Å². The molecule has 1 N–H and O–H groups in total. The van der Waals surface area contributed by atoms with Crippen LogP contribution >= 0.6 is 11.6 Å². The summed E-state index contributed by atoms with van der Waals surface area (Å²) >= 11 is 5.97. The van der Waals surface area contributed by atoms with Gasteiger partial charge in [0.2, 0.25) is 0 Å². The van der Waals surface area contributed by atoms with E-state index in [2.05, 4.69) is 5.32 Å². The van der Waals surface area contributed by atoms with Gasteiger partial charge in [0.15, 0.2) is 0 Å². The summed E-state index contributed by atoms with van der Waals surface area (Å²) in [6, 6.07) is 6.12. The summed E-state index contributed by atoms with van der Waals surface area (Å²) in [5, 5.41) is 14.1. The molecule has 0 aliphatic carbocycles. The predicted octanol–water partition coefficient (Wildman–Crippen LogP) is 3.76. The SMILES string of the molecule is Cc1ccoc1CNc1cc([N+](=O)[O-])ccc1Cl. The fraction of sp³-hybridized carbons (Fsp3) is 0.167. The molecule has 0 saturated heterocycles. The first-order valence-corrected chi connectivity index (χ1v) is 5.66. The highest BCUT2D eigenvalue weighted by Crippen LogP contribution is 2.27. The monoisotopic (exact) mass is 266 g/mol. The summed E-state index contributed by atoms with van der Waals surface area (Å²) in [5.41, 5.74) is 1.53. The highest BCUT2D eigenvalue weighted by Gasteiger charge is 2.10. The highest BCUT2D eigenvalue weighted by atomic mass is 35.5. The lowest BCUT2D eigenvalue weighted by Gasteiger charge is -2.07. The van der Waals surface area contributed by atoms with E-state index in [0.717, 1.165) is 11.3 Å². The van der Waals surface area contributed by atoms with Crippen molar-refractivity contribution < 1.29 is 9.34 Å². The molecule has 18 heavy (non-hydrogen) atoms. The molecule has 0 aliphatic heterocycles. The van der Waals surface area contributed by atoms with Gasteiger partial charge < -0.3 is 9.73 Å². The molecule has 0 unspecified atom stereocenters. The van der Waals surface area contributed by atoms with Crippen LogP contribution in [0, 0.1) is 17.0 Å². The fourth-order valence-corrected chi connectivity index (χ4v) is 1.71. The van der Waals surface area contributed by atoms with E-state index in [0.29, 0.717) is 17.3 Å². The number of non-ortho nitro benzene ring substituents is 1. The molecule has 2 aromatic rings. The third-order valence-electron chi connectivity index (χ3n) is 2.57. The maximum Gasteiger partial charge on any atom is 0.271 e. The van der Waals surface area contributed by atoms with Crippen LogP contribution in [0.1, 0.15) is 11.3 Å². The van der Waals surface area contributed by atoms with E-state index in [1.807, 2.05) is 13.0 Å². The van der Waals surface area contributed by atoms with Gasteiger partial charge in [-0.3, -0.25) is 10.1 Å². The Morgan fingerprint density at radius 1 is 1.44 bits per heavy atom. The molecule has 0 bridgehead atoms. The normalized spacial score (nSPS) is 10.3. The Morgan fingerprint density at radius 3 is 2.83 bits per heavy atom. The van der Waals surface area contributed by atoms with Gasteiger partial charge in [-0.25, -0.2) is 0 Å². The van der Waals surface area contributed by atoms with Gasteiger partial charge in [0, 0.05) is 12.1 Å². The Balaban J connectivity index is 2.16. The van der Waals surface area contributed by atoms with Gasteiger partial charge in [-0.15, -0.1) is 0 Å². The number of hydrogen-bond donors (Lipinski definition) is 1. The van der Waals surface area contributed by atoms with Crippen molar-refractivity contribution in [3.05, 3.63) is 57.0 Å². The van der Waals surface area contributed by atoms with E-state index in [-0.39, 0.29) is 5.69 Å². The van der Waals surface area contributed by atoms with Crippen LogP contribution in [-0.4, -0.2) is 4.92 Å². The second-order valence-electron chi connectivity index (χ2n) is 3.80. The first-order chi connectivity index (χ1) is 8.58. The zero-order valence-corrected chi connectivity index (χ0v) is 10.4. The molecule has 0 aliphatic rings. The van der Waals surface area contributed by atoms with Crippen LogP contribution in [-0.2, 0) is 6.54 Å². The molecule has 0 fully saturated rings. The maximum atomic E-state index is 10.7. The minimum absolute atomic E-state index is 0.00179. The van der Waals surface area contributed by atoms with Crippen molar-refractivity contribution >= 4 is 23.0 Å². The molecular weight excluding hydrogens is 256 g/mol. The molecule has 2 rings (SSSR count). The quantitative estimate of drug-likeness (QED) is 0.676. The predicted molar refractivity (Wildman–Crippen MR) is 68.9 cm³/mol. The van der Waals surface area contributed by atoms with Gasteiger partial charge in [0.1, 0.15) is 5.76 Å². The van der Waals surface area contributed by atoms with E-state index in [1.54, 1.807) is 6.26 Å². The van der Waals surface area contributed by atoms with Crippen LogP contribution in [0.3, 0.4) is 0 Å². The van der Waals surface area contributed by atoms with Crippen LogP contribution < -0.4 is 5.32 Å². The van der Waals surface area contributed by atoms with Crippen molar-refractivity contribution in [1.29, 1.82) is 0 Å². The topological polar surface area (TPSA) is 68.3 Å². The summed E-state index contributed by atoms with van der Waals surface area (Å²) in [7, 11) is 0. The molecule has 1 aromatic carbocycles. The van der Waals surface area contributed by atoms with Crippen LogP contribution in [0.15, 0.2) is 34.9 Å². The minimum atomic E-state index is -0.459. The molecule has 0 amide bonds. The van der Waals surface area contributed by atoms with E-state index in [1.165, 1.54) is 18.2 Å². The summed E-state index contributed by atoms with van der Waals surface area (Å²) < 4.78 is 5.26. The second kappa shape index (κ2) is 5.10. The van der Waals surface area contributed by atoms with Gasteiger partial charge in [-0.05, 0) is 24.6 Å². The Labute approximate surface area is 109 Å². The molecule has 0 radical (unpaired) electrons. The molecule has 0 atom stereocenters. The van der Waals surface area contributed by atoms with Crippen molar-refractivity contribution in [3.63, 3.8) is 0 Å². The Hall–Kier alpha value is -2.01. The van der Waals surface area contributed by atoms with Crippen LogP contribution in [0.25, 0.3) is 0 Å². The Bertz CT molecular complexity index is 580. The molecule has 1 aromatic heterocycles. The van der Waals surface area contributed by atoms with Crippen LogP contribution in [0.5, 0.6) is 0 Å². The lowest BCUT2D eigenvalue weighted by atomic mass is 10.2.